The van der Waals surface area contributed by atoms with Crippen LogP contribution in [0.5, 0.6) is 0 Å². The van der Waals surface area contributed by atoms with Crippen molar-refractivity contribution in [2.75, 3.05) is 10.0 Å². The Morgan fingerprint density at radius 1 is 0.971 bits per heavy atom. The third-order valence-electron chi connectivity index (χ3n) is 6.96. The fraction of sp³-hybridized carbons (Fsp3) is 0.462. The summed E-state index contributed by atoms with van der Waals surface area (Å²) in [5, 5.41) is 5.83. The molecule has 0 bridgehead atoms. The van der Waals surface area contributed by atoms with E-state index in [1.165, 1.54) is 13.0 Å². The highest BCUT2D eigenvalue weighted by molar-refractivity contribution is 7.92. The summed E-state index contributed by atoms with van der Waals surface area (Å²) in [4.78, 5) is 24.6. The van der Waals surface area contributed by atoms with Gasteiger partial charge in [0.25, 0.3) is 10.0 Å². The van der Waals surface area contributed by atoms with Crippen molar-refractivity contribution in [1.82, 2.24) is 5.32 Å². The molecule has 7 nitrogen and oxygen atoms in total. The molecule has 2 aliphatic carbocycles. The number of nitrogens with one attached hydrogen (secondary N) is 3. The summed E-state index contributed by atoms with van der Waals surface area (Å²) < 4.78 is 28.7. The fourth-order valence-electron chi connectivity index (χ4n) is 4.71. The number of carbonyl (C=O) groups excluding carboxylic acids is 2. The molecular formula is C26H33N3O4S. The van der Waals surface area contributed by atoms with Gasteiger partial charge in [0.1, 0.15) is 4.90 Å². The monoisotopic (exact) mass is 483 g/mol. The maximum Gasteiger partial charge on any atom is 0.263 e. The van der Waals surface area contributed by atoms with Crippen LogP contribution in [0.15, 0.2) is 47.4 Å². The Balaban J connectivity index is 1.47. The third kappa shape index (κ3) is 5.27. The highest BCUT2D eigenvalue weighted by Crippen LogP contribution is 2.49. The molecule has 8 heteroatoms. The summed E-state index contributed by atoms with van der Waals surface area (Å²) in [6, 6.07) is 12.1. The molecule has 2 aromatic carbocycles. The Kier molecular flexibility index (Phi) is 6.71. The molecule has 0 aromatic heterocycles. The molecule has 0 heterocycles. The fourth-order valence-corrected chi connectivity index (χ4v) is 6.02. The number of aryl methyl sites for hydroxylation is 1. The van der Waals surface area contributed by atoms with Crippen molar-refractivity contribution in [2.24, 2.45) is 5.92 Å². The van der Waals surface area contributed by atoms with Crippen LogP contribution >= 0.6 is 0 Å². The van der Waals surface area contributed by atoms with E-state index < -0.39 is 15.4 Å². The molecule has 182 valence electrons. The molecule has 2 aliphatic rings. The number of carbonyl (C=O) groups is 2. The Hall–Kier alpha value is -2.87. The summed E-state index contributed by atoms with van der Waals surface area (Å²) in [7, 11) is -3.93. The Morgan fingerprint density at radius 3 is 2.21 bits per heavy atom. The second-order valence-electron chi connectivity index (χ2n) is 9.88. The molecule has 2 amide bonds. The molecule has 2 fully saturated rings. The summed E-state index contributed by atoms with van der Waals surface area (Å²) in [6.45, 7) is 5.39. The molecule has 2 aromatic rings. The first-order valence-corrected chi connectivity index (χ1v) is 13.4. The lowest BCUT2D eigenvalue weighted by Gasteiger charge is -2.28. The van der Waals surface area contributed by atoms with Gasteiger partial charge in [-0.3, -0.25) is 14.3 Å². The average Bonchev–Trinajstić information content (AvgIpc) is 3.59. The van der Waals surface area contributed by atoms with Gasteiger partial charge in [-0.25, -0.2) is 8.42 Å². The highest BCUT2D eigenvalue weighted by Gasteiger charge is 2.51. The molecule has 0 spiro atoms. The standard InChI is InChI=1S/C26H33N3O4S/c1-17-4-9-21(10-5-17)28-25(31)26(14-15-26)20-7-11-22(12-8-20)29-34(32,33)24-16-18(2)6-13-23(24)27-19(3)30/h6-8,11-13,16-17,21,29H,4-5,9-10,14-15H2,1-3H3,(H,27,30)(H,28,31). The lowest BCUT2D eigenvalue weighted by atomic mass is 9.86. The van der Waals surface area contributed by atoms with Crippen LogP contribution in [0.3, 0.4) is 0 Å². The molecule has 3 N–H and O–H groups in total. The number of sulfonamides is 1. The van der Waals surface area contributed by atoms with E-state index in [9.17, 15) is 18.0 Å². The molecule has 2 saturated carbocycles. The molecule has 0 aliphatic heterocycles. The van der Waals surface area contributed by atoms with E-state index in [4.69, 9.17) is 0 Å². The van der Waals surface area contributed by atoms with Gasteiger partial charge in [-0.15, -0.1) is 0 Å². The zero-order valence-electron chi connectivity index (χ0n) is 20.0. The largest absolute Gasteiger partial charge is 0.353 e. The van der Waals surface area contributed by atoms with Gasteiger partial charge < -0.3 is 10.6 Å². The average molecular weight is 484 g/mol. The van der Waals surface area contributed by atoms with Crippen molar-refractivity contribution in [3.63, 3.8) is 0 Å². The minimum atomic E-state index is -3.93. The van der Waals surface area contributed by atoms with Crippen LogP contribution in [-0.4, -0.2) is 26.3 Å². The maximum absolute atomic E-state index is 13.1. The second kappa shape index (κ2) is 9.41. The summed E-state index contributed by atoms with van der Waals surface area (Å²) >= 11 is 0. The van der Waals surface area contributed by atoms with E-state index in [0.717, 1.165) is 55.6 Å². The first-order chi connectivity index (χ1) is 16.1. The van der Waals surface area contributed by atoms with Gasteiger partial charge in [0, 0.05) is 18.7 Å². The van der Waals surface area contributed by atoms with Crippen LogP contribution in [0.25, 0.3) is 0 Å². The topological polar surface area (TPSA) is 104 Å². The molecule has 0 unspecified atom stereocenters. The van der Waals surface area contributed by atoms with Gasteiger partial charge in [-0.05, 0) is 86.8 Å². The van der Waals surface area contributed by atoms with Crippen LogP contribution in [-0.2, 0) is 25.0 Å². The number of rotatable bonds is 7. The van der Waals surface area contributed by atoms with Crippen molar-refractivity contribution < 1.29 is 18.0 Å². The number of benzene rings is 2. The van der Waals surface area contributed by atoms with Gasteiger partial charge in [0.05, 0.1) is 11.1 Å². The van der Waals surface area contributed by atoms with Crippen molar-refractivity contribution in [3.8, 4) is 0 Å². The lowest BCUT2D eigenvalue weighted by molar-refractivity contribution is -0.124. The van der Waals surface area contributed by atoms with Crippen molar-refractivity contribution in [3.05, 3.63) is 53.6 Å². The van der Waals surface area contributed by atoms with Gasteiger partial charge in [-0.2, -0.15) is 0 Å². The number of hydrogen-bond donors (Lipinski definition) is 3. The van der Waals surface area contributed by atoms with E-state index in [0.29, 0.717) is 5.69 Å². The van der Waals surface area contributed by atoms with Gasteiger partial charge in [0.15, 0.2) is 0 Å². The zero-order chi connectivity index (χ0) is 24.5. The first kappa shape index (κ1) is 24.3. The molecular weight excluding hydrogens is 450 g/mol. The van der Waals surface area contributed by atoms with Crippen LogP contribution in [0.4, 0.5) is 11.4 Å². The third-order valence-corrected chi connectivity index (χ3v) is 8.38. The lowest BCUT2D eigenvalue weighted by Crippen LogP contribution is -2.43. The minimum absolute atomic E-state index is 0.00613. The Labute approximate surface area is 201 Å². The van der Waals surface area contributed by atoms with Crippen molar-refractivity contribution >= 4 is 33.2 Å². The quantitative estimate of drug-likeness (QED) is 0.540. The van der Waals surface area contributed by atoms with Crippen molar-refractivity contribution in [2.45, 2.75) is 75.6 Å². The van der Waals surface area contributed by atoms with Crippen LogP contribution in [0.1, 0.15) is 63.5 Å². The predicted molar refractivity (Wildman–Crippen MR) is 133 cm³/mol. The number of anilines is 2. The maximum atomic E-state index is 13.1. The molecule has 0 radical (unpaired) electrons. The Bertz CT molecular complexity index is 1180. The summed E-state index contributed by atoms with van der Waals surface area (Å²) in [5.74, 6) is 0.467. The summed E-state index contributed by atoms with van der Waals surface area (Å²) in [5.41, 5.74) is 1.80. The SMILES string of the molecule is CC(=O)Nc1ccc(C)cc1S(=O)(=O)Nc1ccc(C2(C(=O)NC3CCC(C)CC3)CC2)cc1. The van der Waals surface area contributed by atoms with Gasteiger partial charge in [-0.1, -0.05) is 25.1 Å². The van der Waals surface area contributed by atoms with E-state index in [1.54, 1.807) is 31.2 Å². The van der Waals surface area contributed by atoms with E-state index in [-0.39, 0.29) is 28.4 Å². The normalized spacial score (nSPS) is 21.4. The number of amides is 2. The van der Waals surface area contributed by atoms with Crippen LogP contribution in [0.2, 0.25) is 0 Å². The van der Waals surface area contributed by atoms with E-state index >= 15 is 0 Å². The van der Waals surface area contributed by atoms with Gasteiger partial charge in [0.2, 0.25) is 11.8 Å². The molecule has 0 saturated heterocycles. The smallest absolute Gasteiger partial charge is 0.263 e. The van der Waals surface area contributed by atoms with E-state index in [2.05, 4.69) is 22.3 Å². The van der Waals surface area contributed by atoms with Crippen molar-refractivity contribution in [1.29, 1.82) is 0 Å². The zero-order valence-corrected chi connectivity index (χ0v) is 20.8. The van der Waals surface area contributed by atoms with Gasteiger partial charge >= 0.3 is 0 Å². The van der Waals surface area contributed by atoms with Crippen LogP contribution in [0, 0.1) is 12.8 Å². The predicted octanol–water partition coefficient (Wildman–Crippen LogP) is 4.48. The first-order valence-electron chi connectivity index (χ1n) is 11.9. The highest BCUT2D eigenvalue weighted by atomic mass is 32.2. The molecule has 34 heavy (non-hydrogen) atoms. The van der Waals surface area contributed by atoms with E-state index in [1.807, 2.05) is 12.1 Å². The number of hydrogen-bond acceptors (Lipinski definition) is 4. The molecule has 4 rings (SSSR count). The Morgan fingerprint density at radius 2 is 1.62 bits per heavy atom. The minimum Gasteiger partial charge on any atom is -0.353 e. The van der Waals surface area contributed by atoms with Crippen LogP contribution < -0.4 is 15.4 Å². The second-order valence-corrected chi connectivity index (χ2v) is 11.5. The summed E-state index contributed by atoms with van der Waals surface area (Å²) in [6.07, 6.45) is 5.97. The molecule has 0 atom stereocenters.